The lowest BCUT2D eigenvalue weighted by Crippen LogP contribution is -2.24. The van der Waals surface area contributed by atoms with Crippen LogP contribution in [0.2, 0.25) is 10.0 Å². The van der Waals surface area contributed by atoms with E-state index in [1.807, 2.05) is 0 Å². The van der Waals surface area contributed by atoms with Crippen molar-refractivity contribution in [2.45, 2.75) is 13.0 Å². The van der Waals surface area contributed by atoms with Crippen LogP contribution in [-0.2, 0) is 4.79 Å². The van der Waals surface area contributed by atoms with E-state index >= 15 is 0 Å². The molecule has 5 N–H and O–H groups in total. The van der Waals surface area contributed by atoms with Crippen molar-refractivity contribution in [3.05, 3.63) is 74.9 Å². The summed E-state index contributed by atoms with van der Waals surface area (Å²) in [5.74, 6) is 0.466. The summed E-state index contributed by atoms with van der Waals surface area (Å²) in [5, 5.41) is 17.4. The monoisotopic (exact) mass is 527 g/mol. The second kappa shape index (κ2) is 10.6. The summed E-state index contributed by atoms with van der Waals surface area (Å²) in [4.78, 5) is 42.5. The Hall–Kier alpha value is -4.13. The van der Waals surface area contributed by atoms with Crippen LogP contribution in [0.4, 0.5) is 17.3 Å². The van der Waals surface area contributed by atoms with Crippen molar-refractivity contribution in [3.8, 4) is 22.6 Å². The molecule has 1 atom stereocenters. The molecule has 1 amide bonds. The molecule has 0 radical (unpaired) electrons. The highest BCUT2D eigenvalue weighted by Gasteiger charge is 2.20. The zero-order valence-electron chi connectivity index (χ0n) is 18.7. The number of hydrogen-bond donors (Lipinski definition) is 4. The summed E-state index contributed by atoms with van der Waals surface area (Å²) in [7, 11) is 0. The summed E-state index contributed by atoms with van der Waals surface area (Å²) in [6.07, 6.45) is 4.89. The van der Waals surface area contributed by atoms with E-state index in [0.717, 1.165) is 0 Å². The highest BCUT2D eigenvalue weighted by molar-refractivity contribution is 6.36. The average Bonchev–Trinajstić information content (AvgIpc) is 3.36. The number of rotatable bonds is 8. The molecule has 4 aromatic rings. The predicted molar refractivity (Wildman–Crippen MR) is 136 cm³/mol. The highest BCUT2D eigenvalue weighted by Crippen LogP contribution is 2.35. The Morgan fingerprint density at radius 2 is 2.00 bits per heavy atom. The van der Waals surface area contributed by atoms with Crippen LogP contribution in [0, 0.1) is 10.1 Å². The quantitative estimate of drug-likeness (QED) is 0.193. The fourth-order valence-corrected chi connectivity index (χ4v) is 3.81. The molecule has 0 saturated heterocycles. The molecule has 0 fully saturated rings. The topological polar surface area (TPSA) is 178 Å². The standard InChI is InChI=1S/C22H19Cl2N9O3/c1-11(34)30-22-17(33(35)36)4-5-18(31-22)28-10-16(25)21-29-9-14(20-26-6-7-27-20)19(32-21)13-3-2-12(23)8-15(13)24/h2-9,16H,10,25H2,1H3,(H,26,27)(H2,28,30,31,34). The van der Waals surface area contributed by atoms with Gasteiger partial charge in [0, 0.05) is 48.7 Å². The second-order valence-corrected chi connectivity index (χ2v) is 8.39. The van der Waals surface area contributed by atoms with Gasteiger partial charge in [-0.25, -0.2) is 19.9 Å². The number of nitro groups is 1. The molecule has 0 aliphatic heterocycles. The minimum absolute atomic E-state index is 0.137. The first kappa shape index (κ1) is 25.0. The van der Waals surface area contributed by atoms with Gasteiger partial charge in [-0.3, -0.25) is 14.9 Å². The number of carbonyl (C=O) groups excluding carboxylic acids is 1. The molecule has 4 rings (SSSR count). The number of nitrogens with zero attached hydrogens (tertiary/aromatic N) is 5. The van der Waals surface area contributed by atoms with Gasteiger partial charge in [0.05, 0.1) is 27.2 Å². The first-order chi connectivity index (χ1) is 17.2. The maximum absolute atomic E-state index is 11.4. The van der Waals surface area contributed by atoms with Crippen LogP contribution < -0.4 is 16.4 Å². The smallest absolute Gasteiger partial charge is 0.311 e. The molecular weight excluding hydrogens is 509 g/mol. The number of H-pyrrole nitrogens is 1. The maximum atomic E-state index is 11.4. The molecule has 0 aliphatic carbocycles. The summed E-state index contributed by atoms with van der Waals surface area (Å²) in [6.45, 7) is 1.37. The van der Waals surface area contributed by atoms with Crippen molar-refractivity contribution in [3.63, 3.8) is 0 Å². The summed E-state index contributed by atoms with van der Waals surface area (Å²) in [6, 6.07) is 7.02. The van der Waals surface area contributed by atoms with Crippen LogP contribution in [-0.4, -0.2) is 42.3 Å². The Bertz CT molecular complexity index is 1430. The number of halogens is 2. The molecule has 1 aromatic carbocycles. The minimum Gasteiger partial charge on any atom is -0.368 e. The van der Waals surface area contributed by atoms with E-state index in [-0.39, 0.29) is 23.9 Å². The lowest BCUT2D eigenvalue weighted by molar-refractivity contribution is -0.384. The number of hydrogen-bond acceptors (Lipinski definition) is 9. The summed E-state index contributed by atoms with van der Waals surface area (Å²) < 4.78 is 0. The molecule has 0 spiro atoms. The highest BCUT2D eigenvalue weighted by atomic mass is 35.5. The number of aromatic amines is 1. The Balaban J connectivity index is 1.62. The summed E-state index contributed by atoms with van der Waals surface area (Å²) >= 11 is 12.5. The SMILES string of the molecule is CC(=O)Nc1nc(NCC(N)c2ncc(-c3ncc[nH]3)c(-c3ccc(Cl)cc3Cl)n2)ccc1[N+](=O)[O-]. The zero-order chi connectivity index (χ0) is 25.8. The number of carbonyl (C=O) groups is 1. The number of aromatic nitrogens is 5. The molecule has 0 saturated carbocycles. The lowest BCUT2D eigenvalue weighted by Gasteiger charge is -2.16. The average molecular weight is 528 g/mol. The van der Waals surface area contributed by atoms with Crippen molar-refractivity contribution in [2.24, 2.45) is 5.73 Å². The van der Waals surface area contributed by atoms with Gasteiger partial charge in [0.25, 0.3) is 0 Å². The van der Waals surface area contributed by atoms with Gasteiger partial charge in [-0.1, -0.05) is 23.2 Å². The fourth-order valence-electron chi connectivity index (χ4n) is 3.31. The van der Waals surface area contributed by atoms with Crippen molar-refractivity contribution in [2.75, 3.05) is 17.2 Å². The van der Waals surface area contributed by atoms with Crippen molar-refractivity contribution in [1.29, 1.82) is 0 Å². The number of anilines is 2. The van der Waals surface area contributed by atoms with Gasteiger partial charge in [-0.05, 0) is 24.3 Å². The zero-order valence-corrected chi connectivity index (χ0v) is 20.2. The van der Waals surface area contributed by atoms with Crippen LogP contribution in [0.1, 0.15) is 18.8 Å². The predicted octanol–water partition coefficient (Wildman–Crippen LogP) is 4.21. The first-order valence-corrected chi connectivity index (χ1v) is 11.2. The van der Waals surface area contributed by atoms with Gasteiger partial charge < -0.3 is 21.4 Å². The third-order valence-electron chi connectivity index (χ3n) is 4.95. The summed E-state index contributed by atoms with van der Waals surface area (Å²) in [5.41, 5.74) is 7.76. The van der Waals surface area contributed by atoms with Crippen LogP contribution >= 0.6 is 23.2 Å². The van der Waals surface area contributed by atoms with Gasteiger partial charge in [-0.15, -0.1) is 0 Å². The van der Waals surface area contributed by atoms with Crippen molar-refractivity contribution < 1.29 is 9.72 Å². The molecule has 184 valence electrons. The minimum atomic E-state index is -0.693. The Kier molecular flexibility index (Phi) is 7.38. The van der Waals surface area contributed by atoms with E-state index in [9.17, 15) is 14.9 Å². The largest absolute Gasteiger partial charge is 0.368 e. The van der Waals surface area contributed by atoms with Crippen LogP contribution in [0.15, 0.2) is 48.9 Å². The molecule has 14 heteroatoms. The van der Waals surface area contributed by atoms with E-state index in [1.165, 1.54) is 19.1 Å². The number of amides is 1. The Morgan fingerprint density at radius 3 is 2.67 bits per heavy atom. The van der Waals surface area contributed by atoms with E-state index in [1.54, 1.807) is 36.8 Å². The molecule has 1 unspecified atom stereocenters. The van der Waals surface area contributed by atoms with Crippen LogP contribution in [0.25, 0.3) is 22.6 Å². The number of pyridine rings is 1. The molecule has 0 aliphatic rings. The third-order valence-corrected chi connectivity index (χ3v) is 5.49. The number of imidazole rings is 1. The number of nitrogens with one attached hydrogen (secondary N) is 3. The molecule has 3 heterocycles. The normalized spacial score (nSPS) is 11.7. The molecular formula is C22H19Cl2N9O3. The molecule has 36 heavy (non-hydrogen) atoms. The van der Waals surface area contributed by atoms with Gasteiger partial charge in [0.15, 0.2) is 0 Å². The fraction of sp³-hybridized carbons (Fsp3) is 0.136. The molecule has 0 bridgehead atoms. The maximum Gasteiger partial charge on any atom is 0.311 e. The molecule has 12 nitrogen and oxygen atoms in total. The van der Waals surface area contributed by atoms with Crippen LogP contribution in [0.5, 0.6) is 0 Å². The van der Waals surface area contributed by atoms with E-state index < -0.39 is 16.9 Å². The van der Waals surface area contributed by atoms with Gasteiger partial charge in [-0.2, -0.15) is 0 Å². The van der Waals surface area contributed by atoms with Gasteiger partial charge >= 0.3 is 5.69 Å². The Morgan fingerprint density at radius 1 is 1.19 bits per heavy atom. The van der Waals surface area contributed by atoms with Gasteiger partial charge in [0.2, 0.25) is 11.7 Å². The van der Waals surface area contributed by atoms with Gasteiger partial charge in [0.1, 0.15) is 17.5 Å². The third kappa shape index (κ3) is 5.57. The van der Waals surface area contributed by atoms with Crippen molar-refractivity contribution in [1.82, 2.24) is 24.9 Å². The Labute approximate surface area is 214 Å². The number of benzene rings is 1. The van der Waals surface area contributed by atoms with E-state index in [2.05, 4.69) is 35.6 Å². The van der Waals surface area contributed by atoms with Crippen LogP contribution in [0.3, 0.4) is 0 Å². The van der Waals surface area contributed by atoms with E-state index in [0.29, 0.717) is 38.5 Å². The molecule has 3 aromatic heterocycles. The number of nitrogens with two attached hydrogens (primary N) is 1. The first-order valence-electron chi connectivity index (χ1n) is 10.5. The second-order valence-electron chi connectivity index (χ2n) is 7.54. The van der Waals surface area contributed by atoms with Crippen molar-refractivity contribution >= 4 is 46.4 Å². The van der Waals surface area contributed by atoms with E-state index in [4.69, 9.17) is 28.9 Å². The lowest BCUT2D eigenvalue weighted by atomic mass is 10.1.